The van der Waals surface area contributed by atoms with Gasteiger partial charge in [-0.05, 0) is 45.7 Å². The third-order valence-corrected chi connectivity index (χ3v) is 3.81. The van der Waals surface area contributed by atoms with E-state index in [1.54, 1.807) is 0 Å². The highest BCUT2D eigenvalue weighted by Crippen LogP contribution is 2.23. The van der Waals surface area contributed by atoms with Crippen molar-refractivity contribution in [1.82, 2.24) is 5.32 Å². The molecule has 0 radical (unpaired) electrons. The van der Waals surface area contributed by atoms with Gasteiger partial charge in [0, 0.05) is 19.3 Å². The number of rotatable bonds is 3. The highest BCUT2D eigenvalue weighted by atomic mass is 16.6. The van der Waals surface area contributed by atoms with Crippen molar-refractivity contribution in [3.63, 3.8) is 0 Å². The van der Waals surface area contributed by atoms with Crippen molar-refractivity contribution in [2.24, 2.45) is 5.92 Å². The molecular formula is C14H25NO3. The molecule has 0 aromatic heterocycles. The van der Waals surface area contributed by atoms with Crippen LogP contribution in [0.5, 0.6) is 0 Å². The maximum Gasteiger partial charge on any atom is 0.306 e. The summed E-state index contributed by atoms with van der Waals surface area (Å²) in [6.07, 6.45) is 4.98. The van der Waals surface area contributed by atoms with Crippen LogP contribution >= 0.6 is 0 Å². The Morgan fingerprint density at radius 2 is 2.06 bits per heavy atom. The molecule has 3 atom stereocenters. The molecule has 0 bridgehead atoms. The van der Waals surface area contributed by atoms with Crippen LogP contribution in [0.4, 0.5) is 0 Å². The SMILES string of the molecule is CC1CC(OC(=O)CC2CCCNC2)CC(C)O1. The minimum absolute atomic E-state index is 0.0324. The molecule has 0 aromatic rings. The molecule has 0 aromatic carbocycles. The molecular weight excluding hydrogens is 230 g/mol. The van der Waals surface area contributed by atoms with E-state index < -0.39 is 0 Å². The summed E-state index contributed by atoms with van der Waals surface area (Å²) in [5.41, 5.74) is 0. The van der Waals surface area contributed by atoms with Crippen LogP contribution in [0.25, 0.3) is 0 Å². The number of ether oxygens (including phenoxy) is 2. The van der Waals surface area contributed by atoms with Gasteiger partial charge in [-0.3, -0.25) is 4.79 Å². The number of piperidine rings is 1. The zero-order chi connectivity index (χ0) is 13.0. The zero-order valence-electron chi connectivity index (χ0n) is 11.5. The lowest BCUT2D eigenvalue weighted by Gasteiger charge is -2.32. The summed E-state index contributed by atoms with van der Waals surface area (Å²) in [5, 5.41) is 3.33. The Kier molecular flexibility index (Phi) is 5.01. The smallest absolute Gasteiger partial charge is 0.306 e. The summed E-state index contributed by atoms with van der Waals surface area (Å²) >= 11 is 0. The first kappa shape index (κ1) is 13.8. The molecule has 0 aliphatic carbocycles. The average molecular weight is 255 g/mol. The van der Waals surface area contributed by atoms with Crippen molar-refractivity contribution in [3.05, 3.63) is 0 Å². The molecule has 0 amide bonds. The first-order valence-electron chi connectivity index (χ1n) is 7.19. The van der Waals surface area contributed by atoms with E-state index >= 15 is 0 Å². The topological polar surface area (TPSA) is 47.6 Å². The lowest BCUT2D eigenvalue weighted by atomic mass is 9.96. The molecule has 2 rings (SSSR count). The number of nitrogens with one attached hydrogen (secondary N) is 1. The van der Waals surface area contributed by atoms with Crippen LogP contribution < -0.4 is 5.32 Å². The van der Waals surface area contributed by atoms with E-state index in [1.807, 2.05) is 13.8 Å². The van der Waals surface area contributed by atoms with Crippen LogP contribution in [-0.2, 0) is 14.3 Å². The molecule has 2 heterocycles. The van der Waals surface area contributed by atoms with E-state index in [0.29, 0.717) is 12.3 Å². The van der Waals surface area contributed by atoms with Gasteiger partial charge in [-0.15, -0.1) is 0 Å². The Balaban J connectivity index is 1.72. The van der Waals surface area contributed by atoms with E-state index in [4.69, 9.17) is 9.47 Å². The summed E-state index contributed by atoms with van der Waals surface area (Å²) in [6.45, 7) is 6.12. The second-order valence-electron chi connectivity index (χ2n) is 5.76. The van der Waals surface area contributed by atoms with Crippen molar-refractivity contribution >= 4 is 5.97 Å². The van der Waals surface area contributed by atoms with Gasteiger partial charge in [0.2, 0.25) is 0 Å². The largest absolute Gasteiger partial charge is 0.462 e. The fraction of sp³-hybridized carbons (Fsp3) is 0.929. The van der Waals surface area contributed by atoms with Crippen LogP contribution in [0.15, 0.2) is 0 Å². The third-order valence-electron chi connectivity index (χ3n) is 3.81. The standard InChI is InChI=1S/C14H25NO3/c1-10-6-13(7-11(2)17-10)18-14(16)8-12-4-3-5-15-9-12/h10-13,15H,3-9H2,1-2H3. The Bertz CT molecular complexity index is 266. The van der Waals surface area contributed by atoms with Gasteiger partial charge in [0.05, 0.1) is 12.2 Å². The number of carbonyl (C=O) groups is 1. The zero-order valence-corrected chi connectivity index (χ0v) is 11.5. The number of hydrogen-bond donors (Lipinski definition) is 1. The van der Waals surface area contributed by atoms with E-state index in [2.05, 4.69) is 5.32 Å². The number of hydrogen-bond acceptors (Lipinski definition) is 4. The molecule has 2 aliphatic heterocycles. The Hall–Kier alpha value is -0.610. The van der Waals surface area contributed by atoms with Gasteiger partial charge in [0.15, 0.2) is 0 Å². The monoisotopic (exact) mass is 255 g/mol. The summed E-state index contributed by atoms with van der Waals surface area (Å²) in [7, 11) is 0. The normalized spacial score (nSPS) is 37.2. The summed E-state index contributed by atoms with van der Waals surface area (Å²) in [5.74, 6) is 0.427. The van der Waals surface area contributed by atoms with Gasteiger partial charge in [0.1, 0.15) is 6.10 Å². The predicted molar refractivity (Wildman–Crippen MR) is 69.3 cm³/mol. The van der Waals surface area contributed by atoms with Crippen molar-refractivity contribution in [1.29, 1.82) is 0 Å². The average Bonchev–Trinajstić information content (AvgIpc) is 2.28. The summed E-state index contributed by atoms with van der Waals surface area (Å²) in [4.78, 5) is 11.9. The minimum atomic E-state index is -0.0324. The third kappa shape index (κ3) is 4.25. The quantitative estimate of drug-likeness (QED) is 0.782. The van der Waals surface area contributed by atoms with Gasteiger partial charge in [-0.25, -0.2) is 0 Å². The molecule has 4 nitrogen and oxygen atoms in total. The Labute approximate surface area is 109 Å². The molecule has 18 heavy (non-hydrogen) atoms. The lowest BCUT2D eigenvalue weighted by molar-refractivity contribution is -0.160. The first-order valence-corrected chi connectivity index (χ1v) is 7.19. The molecule has 2 aliphatic rings. The van der Waals surface area contributed by atoms with Crippen molar-refractivity contribution in [2.75, 3.05) is 13.1 Å². The van der Waals surface area contributed by atoms with E-state index in [9.17, 15) is 4.79 Å². The summed E-state index contributed by atoms with van der Waals surface area (Å²) in [6, 6.07) is 0. The fourth-order valence-corrected chi connectivity index (χ4v) is 3.01. The van der Waals surface area contributed by atoms with Crippen LogP contribution in [0.2, 0.25) is 0 Å². The van der Waals surface area contributed by atoms with Crippen LogP contribution in [-0.4, -0.2) is 37.4 Å². The predicted octanol–water partition coefficient (Wildman–Crippen LogP) is 1.88. The highest BCUT2D eigenvalue weighted by molar-refractivity contribution is 5.70. The van der Waals surface area contributed by atoms with E-state index in [-0.39, 0.29) is 24.3 Å². The Morgan fingerprint density at radius 1 is 1.33 bits per heavy atom. The number of carbonyl (C=O) groups excluding carboxylic acids is 1. The maximum absolute atomic E-state index is 11.9. The van der Waals surface area contributed by atoms with Crippen molar-refractivity contribution in [3.8, 4) is 0 Å². The maximum atomic E-state index is 11.9. The Morgan fingerprint density at radius 3 is 2.67 bits per heavy atom. The molecule has 0 spiro atoms. The number of esters is 1. The lowest BCUT2D eigenvalue weighted by Crippen LogP contribution is -2.36. The van der Waals surface area contributed by atoms with Crippen LogP contribution in [0, 0.1) is 5.92 Å². The van der Waals surface area contributed by atoms with Crippen molar-refractivity contribution in [2.45, 2.75) is 64.3 Å². The van der Waals surface area contributed by atoms with Crippen LogP contribution in [0.1, 0.15) is 46.0 Å². The molecule has 3 unspecified atom stereocenters. The molecule has 2 saturated heterocycles. The van der Waals surface area contributed by atoms with Gasteiger partial charge in [-0.2, -0.15) is 0 Å². The minimum Gasteiger partial charge on any atom is -0.462 e. The highest BCUT2D eigenvalue weighted by Gasteiger charge is 2.28. The molecule has 104 valence electrons. The van der Waals surface area contributed by atoms with E-state index in [1.165, 1.54) is 6.42 Å². The van der Waals surface area contributed by atoms with Gasteiger partial charge >= 0.3 is 5.97 Å². The first-order chi connectivity index (χ1) is 8.63. The van der Waals surface area contributed by atoms with Crippen molar-refractivity contribution < 1.29 is 14.3 Å². The molecule has 0 saturated carbocycles. The second kappa shape index (κ2) is 6.53. The molecule has 2 fully saturated rings. The van der Waals surface area contributed by atoms with Gasteiger partial charge in [0.25, 0.3) is 0 Å². The fourth-order valence-electron chi connectivity index (χ4n) is 3.01. The summed E-state index contributed by atoms with van der Waals surface area (Å²) < 4.78 is 11.2. The molecule has 1 N–H and O–H groups in total. The van der Waals surface area contributed by atoms with E-state index in [0.717, 1.165) is 32.4 Å². The second-order valence-corrected chi connectivity index (χ2v) is 5.76. The van der Waals surface area contributed by atoms with Crippen LogP contribution in [0.3, 0.4) is 0 Å². The van der Waals surface area contributed by atoms with Gasteiger partial charge in [-0.1, -0.05) is 0 Å². The molecule has 4 heteroatoms. The van der Waals surface area contributed by atoms with Gasteiger partial charge < -0.3 is 14.8 Å².